The highest BCUT2D eigenvalue weighted by molar-refractivity contribution is 6.58. The Balaban J connectivity index is 1.20. The maximum absolute atomic E-state index is 14.0. The van der Waals surface area contributed by atoms with E-state index < -0.39 is 19.0 Å². The standard InChI is InChI=1S/C39H38BNO6/c1-23(2)31-21-32-37(39(44)41(38(32)43)28-12-8-11-27(20-28)40(45)46)33-22-47-35(36(31)33)18-16-25(24-9-4-3-5-10-24)19-26-15-17-34(42)30-14-7-6-13-29(26)30/h3-15,17,19-20,23,32-33,35,37,42,45-46H,16,18,21-22H2,1-2H3/b25-19-/t32-,33+,35-,37-/m1/s1. The van der Waals surface area contributed by atoms with Crippen LogP contribution in [-0.4, -0.2) is 46.8 Å². The van der Waals surface area contributed by atoms with Gasteiger partial charge in [-0.25, -0.2) is 0 Å². The predicted molar refractivity (Wildman–Crippen MR) is 185 cm³/mol. The molecule has 47 heavy (non-hydrogen) atoms. The summed E-state index contributed by atoms with van der Waals surface area (Å²) in [5.74, 6) is -1.21. The molecule has 7 rings (SSSR count). The van der Waals surface area contributed by atoms with Crippen molar-refractivity contribution < 1.29 is 29.5 Å². The van der Waals surface area contributed by atoms with Crippen molar-refractivity contribution in [2.45, 2.75) is 39.2 Å². The van der Waals surface area contributed by atoms with E-state index in [1.54, 1.807) is 24.3 Å². The number of hydrogen-bond acceptors (Lipinski definition) is 6. The van der Waals surface area contributed by atoms with E-state index >= 15 is 0 Å². The lowest BCUT2D eigenvalue weighted by Crippen LogP contribution is -2.36. The highest BCUT2D eigenvalue weighted by Crippen LogP contribution is 2.52. The molecule has 0 bridgehead atoms. The van der Waals surface area contributed by atoms with E-state index in [-0.39, 0.29) is 41.0 Å². The number of carbonyl (C=O) groups excluding carboxylic acids is 2. The normalized spacial score (nSPS) is 22.7. The number of benzene rings is 4. The minimum absolute atomic E-state index is 0.174. The van der Waals surface area contributed by atoms with E-state index in [1.807, 2.05) is 48.5 Å². The molecule has 238 valence electrons. The summed E-state index contributed by atoms with van der Waals surface area (Å²) in [6.45, 7) is 4.67. The van der Waals surface area contributed by atoms with Crippen molar-refractivity contribution in [1.29, 1.82) is 0 Å². The van der Waals surface area contributed by atoms with Crippen molar-refractivity contribution >= 4 is 52.5 Å². The molecule has 4 atom stereocenters. The zero-order valence-electron chi connectivity index (χ0n) is 26.5. The summed E-state index contributed by atoms with van der Waals surface area (Å²) in [4.78, 5) is 29.1. The average Bonchev–Trinajstić information content (AvgIpc) is 3.61. The van der Waals surface area contributed by atoms with E-state index in [0.29, 0.717) is 18.7 Å². The van der Waals surface area contributed by atoms with Crippen LogP contribution in [0.2, 0.25) is 0 Å². The number of fused-ring (bicyclic) bond motifs is 4. The van der Waals surface area contributed by atoms with Crippen LogP contribution in [0.1, 0.15) is 44.2 Å². The molecule has 0 saturated carbocycles. The summed E-state index contributed by atoms with van der Waals surface area (Å²) in [6.07, 6.45) is 3.99. The van der Waals surface area contributed by atoms with E-state index in [0.717, 1.165) is 40.3 Å². The van der Waals surface area contributed by atoms with Gasteiger partial charge in [-0.1, -0.05) is 98.3 Å². The lowest BCUT2D eigenvalue weighted by atomic mass is 9.67. The van der Waals surface area contributed by atoms with Crippen LogP contribution in [0.3, 0.4) is 0 Å². The molecule has 3 N–H and O–H groups in total. The van der Waals surface area contributed by atoms with Gasteiger partial charge in [0.1, 0.15) is 5.75 Å². The van der Waals surface area contributed by atoms with Gasteiger partial charge in [-0.2, -0.15) is 0 Å². The number of carbonyl (C=O) groups is 2. The molecule has 2 fully saturated rings. The Labute approximate surface area is 275 Å². The maximum Gasteiger partial charge on any atom is 0.488 e. The summed E-state index contributed by atoms with van der Waals surface area (Å²) in [6, 6.07) is 28.2. The van der Waals surface area contributed by atoms with Crippen LogP contribution in [0.4, 0.5) is 5.69 Å². The Morgan fingerprint density at radius 3 is 2.40 bits per heavy atom. The van der Waals surface area contributed by atoms with Crippen LogP contribution < -0.4 is 10.4 Å². The summed E-state index contributed by atoms with van der Waals surface area (Å²) in [7, 11) is -1.70. The number of imide groups is 1. The topological polar surface area (TPSA) is 107 Å². The van der Waals surface area contributed by atoms with Crippen LogP contribution >= 0.6 is 0 Å². The first kappa shape index (κ1) is 31.1. The number of rotatable bonds is 8. The van der Waals surface area contributed by atoms with Gasteiger partial charge < -0.3 is 19.9 Å². The van der Waals surface area contributed by atoms with Crippen molar-refractivity contribution in [2.24, 2.45) is 23.7 Å². The Bertz CT molecular complexity index is 1920. The van der Waals surface area contributed by atoms with Gasteiger partial charge in [0.15, 0.2) is 0 Å². The van der Waals surface area contributed by atoms with Crippen LogP contribution in [0.5, 0.6) is 5.75 Å². The van der Waals surface area contributed by atoms with Crippen molar-refractivity contribution in [3.05, 3.63) is 113 Å². The van der Waals surface area contributed by atoms with Crippen molar-refractivity contribution in [2.75, 3.05) is 11.5 Å². The minimum atomic E-state index is -1.70. The minimum Gasteiger partial charge on any atom is -0.507 e. The first-order chi connectivity index (χ1) is 22.7. The Morgan fingerprint density at radius 2 is 1.66 bits per heavy atom. The smallest absolute Gasteiger partial charge is 0.488 e. The number of allylic oxidation sites excluding steroid dienone is 2. The number of phenolic OH excluding ortho intramolecular Hbond substituents is 1. The van der Waals surface area contributed by atoms with E-state index in [2.05, 4.69) is 32.1 Å². The molecule has 2 amide bonds. The predicted octanol–water partition coefficient (Wildman–Crippen LogP) is 5.72. The van der Waals surface area contributed by atoms with Gasteiger partial charge in [-0.15, -0.1) is 0 Å². The Hall–Kier alpha value is -4.50. The third kappa shape index (κ3) is 5.60. The molecule has 0 aromatic heterocycles. The van der Waals surface area contributed by atoms with Gasteiger partial charge in [0.25, 0.3) is 0 Å². The largest absolute Gasteiger partial charge is 0.507 e. The third-order valence-electron chi connectivity index (χ3n) is 10.2. The monoisotopic (exact) mass is 627 g/mol. The quantitative estimate of drug-likeness (QED) is 0.0999. The number of hydrogen-bond donors (Lipinski definition) is 3. The van der Waals surface area contributed by atoms with Crippen molar-refractivity contribution in [3.63, 3.8) is 0 Å². The van der Waals surface area contributed by atoms with Gasteiger partial charge in [0.05, 0.1) is 30.2 Å². The zero-order chi connectivity index (χ0) is 32.8. The molecule has 7 nitrogen and oxygen atoms in total. The number of ether oxygens (including phenoxy) is 1. The molecule has 2 aliphatic heterocycles. The number of aromatic hydroxyl groups is 1. The number of nitrogens with zero attached hydrogens (tertiary/aromatic N) is 1. The first-order valence-corrected chi connectivity index (χ1v) is 16.4. The second kappa shape index (κ2) is 12.6. The van der Waals surface area contributed by atoms with Crippen molar-refractivity contribution in [3.8, 4) is 5.75 Å². The molecule has 0 unspecified atom stereocenters. The van der Waals surface area contributed by atoms with E-state index in [9.17, 15) is 24.7 Å². The fourth-order valence-corrected chi connectivity index (χ4v) is 7.90. The Kier molecular flexibility index (Phi) is 8.35. The molecule has 3 aliphatic rings. The fourth-order valence-electron chi connectivity index (χ4n) is 7.90. The van der Waals surface area contributed by atoms with E-state index in [1.165, 1.54) is 22.1 Å². The molecule has 8 heteroatoms. The van der Waals surface area contributed by atoms with Gasteiger partial charge in [0.2, 0.25) is 11.8 Å². The summed E-state index contributed by atoms with van der Waals surface area (Å²) in [5, 5.41) is 31.7. The van der Waals surface area contributed by atoms with Crippen LogP contribution in [-0.2, 0) is 14.3 Å². The third-order valence-corrected chi connectivity index (χ3v) is 10.2. The zero-order valence-corrected chi connectivity index (χ0v) is 26.5. The molecular formula is C39H38BNO6. The van der Waals surface area contributed by atoms with Gasteiger partial charge in [0, 0.05) is 11.3 Å². The summed E-state index contributed by atoms with van der Waals surface area (Å²) in [5.41, 5.74) is 6.26. The molecule has 0 spiro atoms. The maximum atomic E-state index is 14.0. The Morgan fingerprint density at radius 1 is 0.915 bits per heavy atom. The molecule has 2 heterocycles. The molecule has 4 aromatic carbocycles. The van der Waals surface area contributed by atoms with Crippen molar-refractivity contribution in [1.82, 2.24) is 0 Å². The summed E-state index contributed by atoms with van der Waals surface area (Å²) < 4.78 is 6.52. The molecule has 2 saturated heterocycles. The van der Waals surface area contributed by atoms with Crippen LogP contribution in [0.15, 0.2) is 102 Å². The number of anilines is 1. The second-order valence-corrected chi connectivity index (χ2v) is 13.2. The highest BCUT2D eigenvalue weighted by atomic mass is 16.5. The average molecular weight is 628 g/mol. The van der Waals surface area contributed by atoms with E-state index in [4.69, 9.17) is 4.74 Å². The lowest BCUT2D eigenvalue weighted by Gasteiger charge is -2.33. The highest BCUT2D eigenvalue weighted by Gasteiger charge is 2.57. The number of phenols is 1. The fraction of sp³-hybridized carbons (Fsp3) is 0.282. The molecule has 1 aliphatic carbocycles. The van der Waals surface area contributed by atoms with Gasteiger partial charge >= 0.3 is 7.12 Å². The van der Waals surface area contributed by atoms with Gasteiger partial charge in [-0.05, 0) is 76.5 Å². The van der Waals surface area contributed by atoms with Gasteiger partial charge in [-0.3, -0.25) is 14.5 Å². The lowest BCUT2D eigenvalue weighted by molar-refractivity contribution is -0.122. The second-order valence-electron chi connectivity index (χ2n) is 13.2. The summed E-state index contributed by atoms with van der Waals surface area (Å²) >= 11 is 0. The first-order valence-electron chi connectivity index (χ1n) is 16.4. The van der Waals surface area contributed by atoms with Crippen LogP contribution in [0, 0.1) is 23.7 Å². The van der Waals surface area contributed by atoms with Crippen LogP contribution in [0.25, 0.3) is 22.4 Å². The molecular weight excluding hydrogens is 589 g/mol. The molecule has 4 aromatic rings. The SMILES string of the molecule is CC(C)C1=C2[C@@H](CC/C(=C/c3ccc(O)c4ccccc34)c3ccccc3)OC[C@@H]2[C@@H]2C(=O)N(c3cccc(B(O)O)c3)C(=O)[C@@H]2C1. The number of amides is 2. The molecule has 0 radical (unpaired) electrons.